The molecule has 0 spiro atoms. The summed E-state index contributed by atoms with van der Waals surface area (Å²) in [6.45, 7) is 5.93. The normalized spacial score (nSPS) is 12.3. The number of carbonyl (C=O) groups excluding carboxylic acids is 1. The maximum absolute atomic E-state index is 13.3. The van der Waals surface area contributed by atoms with E-state index in [0.29, 0.717) is 12.2 Å². The van der Waals surface area contributed by atoms with E-state index in [0.717, 1.165) is 27.8 Å². The van der Waals surface area contributed by atoms with Crippen LogP contribution in [0.3, 0.4) is 0 Å². The van der Waals surface area contributed by atoms with Gasteiger partial charge in [0, 0.05) is 18.3 Å². The van der Waals surface area contributed by atoms with Crippen LogP contribution in [0.4, 0.5) is 0 Å². The average Bonchev–Trinajstić information content (AvgIpc) is 3.23. The van der Waals surface area contributed by atoms with Crippen LogP contribution in [-0.4, -0.2) is 25.0 Å². The van der Waals surface area contributed by atoms with Crippen molar-refractivity contribution in [1.82, 2.24) is 3.97 Å². The topological polar surface area (TPSA) is 65.4 Å². The van der Waals surface area contributed by atoms with Gasteiger partial charge in [-0.25, -0.2) is 17.2 Å². The van der Waals surface area contributed by atoms with Crippen molar-refractivity contribution < 1.29 is 17.9 Å². The van der Waals surface area contributed by atoms with Crippen molar-refractivity contribution in [2.45, 2.75) is 31.6 Å². The zero-order valence-corrected chi connectivity index (χ0v) is 20.2. The van der Waals surface area contributed by atoms with Crippen molar-refractivity contribution in [1.29, 1.82) is 0 Å². The monoisotopic (exact) mass is 473 g/mol. The van der Waals surface area contributed by atoms with Crippen LogP contribution < -0.4 is 0 Å². The highest BCUT2D eigenvalue weighted by Gasteiger charge is 2.24. The van der Waals surface area contributed by atoms with E-state index < -0.39 is 10.0 Å². The highest BCUT2D eigenvalue weighted by Crippen LogP contribution is 2.35. The largest absolute Gasteiger partial charge is 0.462 e. The summed E-state index contributed by atoms with van der Waals surface area (Å²) in [7, 11) is -3.72. The van der Waals surface area contributed by atoms with Gasteiger partial charge in [-0.1, -0.05) is 60.2 Å². The Labute approximate surface area is 200 Å². The average molecular weight is 474 g/mol. The second-order valence-electron chi connectivity index (χ2n) is 8.23. The molecular formula is C28H27NO4S. The van der Waals surface area contributed by atoms with Crippen molar-refractivity contribution in [3.05, 3.63) is 125 Å². The van der Waals surface area contributed by atoms with Gasteiger partial charge in [-0.15, -0.1) is 0 Å². The van der Waals surface area contributed by atoms with Crippen LogP contribution in [0.1, 0.15) is 51.0 Å². The molecule has 0 aliphatic heterocycles. The van der Waals surface area contributed by atoms with Gasteiger partial charge in [0.05, 0.1) is 17.1 Å². The molecule has 0 bridgehead atoms. The Morgan fingerprint density at radius 3 is 2.09 bits per heavy atom. The molecule has 0 fully saturated rings. The third kappa shape index (κ3) is 4.68. The molecule has 1 aromatic heterocycles. The molecule has 174 valence electrons. The zero-order valence-electron chi connectivity index (χ0n) is 19.4. The number of ether oxygens (including phenoxy) is 1. The molecule has 0 aliphatic rings. The minimum Gasteiger partial charge on any atom is -0.462 e. The maximum Gasteiger partial charge on any atom is 0.338 e. The van der Waals surface area contributed by atoms with Crippen LogP contribution in [0.15, 0.2) is 96.2 Å². The highest BCUT2D eigenvalue weighted by molar-refractivity contribution is 7.90. The van der Waals surface area contributed by atoms with E-state index in [1.165, 1.54) is 3.97 Å². The zero-order chi connectivity index (χ0) is 24.3. The number of benzene rings is 3. The van der Waals surface area contributed by atoms with Gasteiger partial charge in [-0.05, 0) is 67.3 Å². The second-order valence-corrected chi connectivity index (χ2v) is 10.1. The van der Waals surface area contributed by atoms with E-state index >= 15 is 0 Å². The van der Waals surface area contributed by atoms with Crippen LogP contribution in [0.25, 0.3) is 0 Å². The summed E-state index contributed by atoms with van der Waals surface area (Å²) in [4.78, 5) is 12.3. The molecular weight excluding hydrogens is 446 g/mol. The fourth-order valence-electron chi connectivity index (χ4n) is 4.04. The first-order chi connectivity index (χ1) is 16.3. The molecule has 5 nitrogen and oxygen atoms in total. The Morgan fingerprint density at radius 1 is 0.853 bits per heavy atom. The van der Waals surface area contributed by atoms with Gasteiger partial charge < -0.3 is 4.74 Å². The van der Waals surface area contributed by atoms with E-state index in [1.807, 2.05) is 56.3 Å². The number of hydrogen-bond donors (Lipinski definition) is 0. The predicted molar refractivity (Wildman–Crippen MR) is 133 cm³/mol. The Hall–Kier alpha value is -3.64. The third-order valence-corrected chi connectivity index (χ3v) is 7.47. The molecule has 4 aromatic rings. The van der Waals surface area contributed by atoms with Gasteiger partial charge in [0.2, 0.25) is 0 Å². The minimum absolute atomic E-state index is 0.202. The molecule has 34 heavy (non-hydrogen) atoms. The fraction of sp³-hybridized carbons (Fsp3) is 0.179. The predicted octanol–water partition coefficient (Wildman–Crippen LogP) is 5.70. The molecule has 0 saturated heterocycles. The molecule has 0 N–H and O–H groups in total. The molecule has 1 heterocycles. The molecule has 0 aliphatic carbocycles. The summed E-state index contributed by atoms with van der Waals surface area (Å²) in [6.07, 6.45) is 3.36. The van der Waals surface area contributed by atoms with Crippen LogP contribution in [0.2, 0.25) is 0 Å². The Balaban J connectivity index is 1.79. The molecule has 3 aromatic carbocycles. The van der Waals surface area contributed by atoms with E-state index in [-0.39, 0.29) is 16.8 Å². The first-order valence-corrected chi connectivity index (χ1v) is 12.6. The van der Waals surface area contributed by atoms with Gasteiger partial charge in [-0.3, -0.25) is 0 Å². The smallest absolute Gasteiger partial charge is 0.338 e. The summed E-state index contributed by atoms with van der Waals surface area (Å²) >= 11 is 0. The van der Waals surface area contributed by atoms with Crippen molar-refractivity contribution in [2.75, 3.05) is 6.61 Å². The number of carbonyl (C=O) groups is 1. The fourth-order valence-corrected chi connectivity index (χ4v) is 5.31. The van der Waals surface area contributed by atoms with Crippen molar-refractivity contribution in [3.63, 3.8) is 0 Å². The summed E-state index contributed by atoms with van der Waals surface area (Å²) in [5.74, 6) is -0.566. The Bertz CT molecular complexity index is 1390. The first-order valence-electron chi connectivity index (χ1n) is 11.1. The molecule has 1 atom stereocenters. The molecule has 0 amide bonds. The lowest BCUT2D eigenvalue weighted by Gasteiger charge is -2.19. The lowest BCUT2D eigenvalue weighted by Crippen LogP contribution is -2.11. The van der Waals surface area contributed by atoms with Crippen molar-refractivity contribution >= 4 is 16.0 Å². The lowest BCUT2D eigenvalue weighted by atomic mass is 9.84. The molecule has 0 saturated carbocycles. The lowest BCUT2D eigenvalue weighted by molar-refractivity contribution is 0.0526. The number of nitrogens with zero attached hydrogens (tertiary/aromatic N) is 1. The Kier molecular flexibility index (Phi) is 6.70. The second kappa shape index (κ2) is 9.69. The summed E-state index contributed by atoms with van der Waals surface area (Å²) < 4.78 is 33.0. The molecule has 6 heteroatoms. The molecule has 0 radical (unpaired) electrons. The highest BCUT2D eigenvalue weighted by atomic mass is 32.2. The molecule has 4 rings (SSSR count). The number of rotatable bonds is 7. The SMILES string of the molecule is CCOC(=O)c1ccc(C(c2ccccc2)c2cn(S(=O)(=O)c3ccc(C)cc3)cc2C)cc1. The molecule has 1 unspecified atom stereocenters. The summed E-state index contributed by atoms with van der Waals surface area (Å²) in [5.41, 5.74) is 5.20. The Morgan fingerprint density at radius 2 is 1.47 bits per heavy atom. The van der Waals surface area contributed by atoms with Crippen LogP contribution in [-0.2, 0) is 14.8 Å². The van der Waals surface area contributed by atoms with Crippen LogP contribution in [0, 0.1) is 13.8 Å². The first kappa shape index (κ1) is 23.5. The van der Waals surface area contributed by atoms with E-state index in [2.05, 4.69) is 0 Å². The quantitative estimate of drug-likeness (QED) is 0.323. The maximum atomic E-state index is 13.3. The number of aromatic nitrogens is 1. The van der Waals surface area contributed by atoms with Crippen molar-refractivity contribution in [2.24, 2.45) is 0 Å². The summed E-state index contributed by atoms with van der Waals surface area (Å²) in [6, 6.07) is 24.1. The van der Waals surface area contributed by atoms with Crippen LogP contribution in [0.5, 0.6) is 0 Å². The van der Waals surface area contributed by atoms with Gasteiger partial charge in [0.15, 0.2) is 0 Å². The number of esters is 1. The number of aryl methyl sites for hydroxylation is 2. The van der Waals surface area contributed by atoms with Gasteiger partial charge in [0.25, 0.3) is 10.0 Å². The van der Waals surface area contributed by atoms with Crippen LogP contribution >= 0.6 is 0 Å². The third-order valence-electron chi connectivity index (χ3n) is 5.84. The van der Waals surface area contributed by atoms with Crippen molar-refractivity contribution in [3.8, 4) is 0 Å². The van der Waals surface area contributed by atoms with E-state index in [1.54, 1.807) is 55.7 Å². The van der Waals surface area contributed by atoms with Gasteiger partial charge >= 0.3 is 5.97 Å². The van der Waals surface area contributed by atoms with E-state index in [9.17, 15) is 13.2 Å². The number of hydrogen-bond acceptors (Lipinski definition) is 4. The van der Waals surface area contributed by atoms with E-state index in [4.69, 9.17) is 4.74 Å². The summed E-state index contributed by atoms with van der Waals surface area (Å²) in [5, 5.41) is 0. The minimum atomic E-state index is -3.72. The van der Waals surface area contributed by atoms with Gasteiger partial charge in [-0.2, -0.15) is 0 Å². The standard InChI is InChI=1S/C28H27NO4S/c1-4-33-28(30)24-14-12-23(13-15-24)27(22-8-6-5-7-9-22)26-19-29(18-21(26)3)34(31,32)25-16-10-20(2)11-17-25/h5-19,27H,4H2,1-3H3. The van der Waals surface area contributed by atoms with Gasteiger partial charge in [0.1, 0.15) is 0 Å².